The smallest absolute Gasteiger partial charge is 0.341 e. The van der Waals surface area contributed by atoms with E-state index in [0.717, 1.165) is 31.6 Å². The van der Waals surface area contributed by atoms with Crippen LogP contribution < -0.4 is 0 Å². The monoisotopic (exact) mass is 374 g/mol. The lowest BCUT2D eigenvalue weighted by atomic mass is 10.0. The molecule has 140 valence electrons. The van der Waals surface area contributed by atoms with E-state index in [1.165, 1.54) is 12.3 Å². The Hall–Kier alpha value is -2.90. The zero-order valence-corrected chi connectivity index (χ0v) is 14.6. The molecule has 0 aliphatic carbocycles. The second-order valence-corrected chi connectivity index (χ2v) is 6.65. The van der Waals surface area contributed by atoms with Gasteiger partial charge < -0.3 is 4.90 Å². The van der Waals surface area contributed by atoms with E-state index in [9.17, 15) is 18.0 Å². The lowest BCUT2D eigenvalue weighted by Gasteiger charge is -2.30. The normalized spacial score (nSPS) is 14.4. The third kappa shape index (κ3) is 3.27. The molecule has 3 heterocycles. The summed E-state index contributed by atoms with van der Waals surface area (Å²) in [6, 6.07) is 6.85. The number of benzene rings is 1. The van der Waals surface area contributed by atoms with Gasteiger partial charge in [0.2, 0.25) is 5.91 Å². The van der Waals surface area contributed by atoms with Crippen LogP contribution in [0.1, 0.15) is 17.7 Å². The van der Waals surface area contributed by atoms with Crippen LogP contribution in [0.3, 0.4) is 0 Å². The first kappa shape index (κ1) is 17.5. The predicted octanol–water partition coefficient (Wildman–Crippen LogP) is 3.66. The topological polar surface area (TPSA) is 51.0 Å². The number of halogens is 3. The summed E-state index contributed by atoms with van der Waals surface area (Å²) in [4.78, 5) is 18.4. The number of hydrogen-bond donors (Lipinski definition) is 0. The van der Waals surface area contributed by atoms with Gasteiger partial charge in [-0.15, -0.1) is 0 Å². The Balaban J connectivity index is 1.73. The highest BCUT2D eigenvalue weighted by molar-refractivity contribution is 5.85. The van der Waals surface area contributed by atoms with Gasteiger partial charge in [0.1, 0.15) is 12.1 Å². The summed E-state index contributed by atoms with van der Waals surface area (Å²) in [6.45, 7) is 3.40. The number of amides is 1. The number of hydrogen-bond acceptors (Lipinski definition) is 3. The van der Waals surface area contributed by atoms with Crippen molar-refractivity contribution in [2.75, 3.05) is 13.1 Å². The number of alkyl halides is 3. The van der Waals surface area contributed by atoms with Crippen LogP contribution >= 0.6 is 0 Å². The van der Waals surface area contributed by atoms with Crippen molar-refractivity contribution in [3.8, 4) is 11.1 Å². The molecule has 0 radical (unpaired) electrons. The molecular weight excluding hydrogens is 357 g/mol. The van der Waals surface area contributed by atoms with E-state index in [2.05, 4.69) is 10.1 Å². The molecule has 4 rings (SSSR count). The van der Waals surface area contributed by atoms with Gasteiger partial charge in [-0.2, -0.15) is 18.3 Å². The fourth-order valence-electron chi connectivity index (χ4n) is 3.16. The van der Waals surface area contributed by atoms with Crippen LogP contribution in [0.15, 0.2) is 36.5 Å². The number of likely N-dealkylation sites (tertiary alicyclic amines) is 1. The third-order valence-corrected chi connectivity index (χ3v) is 4.78. The number of carbonyl (C=O) groups is 1. The van der Waals surface area contributed by atoms with Crippen molar-refractivity contribution in [1.82, 2.24) is 19.7 Å². The SMILES string of the molecule is Cc1nn(CC(=O)N2CCC2)c2cc(-c3cccc(C(F)(F)F)c3)cnc12. The molecule has 0 saturated carbocycles. The summed E-state index contributed by atoms with van der Waals surface area (Å²) in [7, 11) is 0. The van der Waals surface area contributed by atoms with Gasteiger partial charge in [0.25, 0.3) is 0 Å². The van der Waals surface area contributed by atoms with Gasteiger partial charge in [-0.25, -0.2) is 0 Å². The molecule has 2 aromatic heterocycles. The average molecular weight is 374 g/mol. The van der Waals surface area contributed by atoms with Gasteiger partial charge >= 0.3 is 6.18 Å². The van der Waals surface area contributed by atoms with Crippen molar-refractivity contribution in [2.24, 2.45) is 0 Å². The molecule has 0 spiro atoms. The number of fused-ring (bicyclic) bond motifs is 1. The molecule has 1 saturated heterocycles. The number of nitrogens with zero attached hydrogens (tertiary/aromatic N) is 4. The summed E-state index contributed by atoms with van der Waals surface area (Å²) in [5, 5.41) is 4.39. The van der Waals surface area contributed by atoms with E-state index in [-0.39, 0.29) is 12.5 Å². The summed E-state index contributed by atoms with van der Waals surface area (Å²) in [5.41, 5.74) is 2.21. The molecule has 0 bridgehead atoms. The molecule has 0 atom stereocenters. The van der Waals surface area contributed by atoms with Gasteiger partial charge in [-0.3, -0.25) is 14.5 Å². The van der Waals surface area contributed by atoms with Gasteiger partial charge in [-0.1, -0.05) is 12.1 Å². The minimum atomic E-state index is -4.41. The van der Waals surface area contributed by atoms with E-state index in [0.29, 0.717) is 27.9 Å². The lowest BCUT2D eigenvalue weighted by Crippen LogP contribution is -2.43. The number of rotatable bonds is 3. The van der Waals surface area contributed by atoms with Crippen molar-refractivity contribution in [3.63, 3.8) is 0 Å². The number of carbonyl (C=O) groups excluding carboxylic acids is 1. The Kier molecular flexibility index (Phi) is 4.13. The number of aryl methyl sites for hydroxylation is 1. The van der Waals surface area contributed by atoms with E-state index in [4.69, 9.17) is 0 Å². The summed E-state index contributed by atoms with van der Waals surface area (Å²) >= 11 is 0. The molecule has 1 aliphatic rings. The quantitative estimate of drug-likeness (QED) is 0.703. The Morgan fingerprint density at radius 2 is 1.96 bits per heavy atom. The van der Waals surface area contributed by atoms with Crippen LogP contribution in [0.2, 0.25) is 0 Å². The standard InChI is InChI=1S/C19H17F3N4O/c1-12-18-16(26(24-12)11-17(27)25-6-3-7-25)9-14(10-23-18)13-4-2-5-15(8-13)19(20,21)22/h2,4-5,8-10H,3,6-7,11H2,1H3. The summed E-state index contributed by atoms with van der Waals surface area (Å²) in [5.74, 6) is -0.0184. The Bertz CT molecular complexity index is 1020. The van der Waals surface area contributed by atoms with Crippen molar-refractivity contribution >= 4 is 16.9 Å². The second kappa shape index (κ2) is 6.37. The van der Waals surface area contributed by atoms with Gasteiger partial charge in [-0.05, 0) is 37.1 Å². The number of aromatic nitrogens is 3. The highest BCUT2D eigenvalue weighted by atomic mass is 19.4. The summed E-state index contributed by atoms with van der Waals surface area (Å²) < 4.78 is 40.5. The highest BCUT2D eigenvalue weighted by Crippen LogP contribution is 2.32. The van der Waals surface area contributed by atoms with Crippen LogP contribution in [0.25, 0.3) is 22.2 Å². The largest absolute Gasteiger partial charge is 0.416 e. The molecule has 1 aliphatic heterocycles. The molecule has 0 N–H and O–H groups in total. The van der Waals surface area contributed by atoms with Crippen LogP contribution in [0, 0.1) is 6.92 Å². The molecule has 3 aromatic rings. The van der Waals surface area contributed by atoms with Gasteiger partial charge in [0.05, 0.1) is 16.8 Å². The molecule has 1 fully saturated rings. The molecule has 1 amide bonds. The van der Waals surface area contributed by atoms with Crippen molar-refractivity contribution in [3.05, 3.63) is 47.8 Å². The molecule has 1 aromatic carbocycles. The maximum absolute atomic E-state index is 13.0. The van der Waals surface area contributed by atoms with Gasteiger partial charge in [0, 0.05) is 24.8 Å². The maximum Gasteiger partial charge on any atom is 0.416 e. The van der Waals surface area contributed by atoms with Crippen molar-refractivity contribution < 1.29 is 18.0 Å². The lowest BCUT2D eigenvalue weighted by molar-refractivity contribution is -0.137. The fraction of sp³-hybridized carbons (Fsp3) is 0.316. The maximum atomic E-state index is 13.0. The van der Waals surface area contributed by atoms with E-state index in [1.807, 2.05) is 0 Å². The van der Waals surface area contributed by atoms with Crippen LogP contribution in [0.5, 0.6) is 0 Å². The van der Waals surface area contributed by atoms with Crippen LogP contribution in [-0.2, 0) is 17.5 Å². The fourth-order valence-corrected chi connectivity index (χ4v) is 3.16. The van der Waals surface area contributed by atoms with Gasteiger partial charge in [0.15, 0.2) is 0 Å². The zero-order chi connectivity index (χ0) is 19.2. The molecule has 0 unspecified atom stereocenters. The molecular formula is C19H17F3N4O. The third-order valence-electron chi connectivity index (χ3n) is 4.78. The van der Waals surface area contributed by atoms with Crippen LogP contribution in [-0.4, -0.2) is 38.7 Å². The summed E-state index contributed by atoms with van der Waals surface area (Å²) in [6.07, 6.45) is -1.87. The number of pyridine rings is 1. The average Bonchev–Trinajstić information content (AvgIpc) is 2.88. The predicted molar refractivity (Wildman–Crippen MR) is 93.9 cm³/mol. The highest BCUT2D eigenvalue weighted by Gasteiger charge is 2.30. The first-order valence-electron chi connectivity index (χ1n) is 8.61. The van der Waals surface area contributed by atoms with Crippen LogP contribution in [0.4, 0.5) is 13.2 Å². The van der Waals surface area contributed by atoms with E-state index < -0.39 is 11.7 Å². The Labute approximate surface area is 153 Å². The molecule has 8 heteroatoms. The van der Waals surface area contributed by atoms with E-state index in [1.54, 1.807) is 28.6 Å². The van der Waals surface area contributed by atoms with Crippen molar-refractivity contribution in [1.29, 1.82) is 0 Å². The minimum absolute atomic E-state index is 0.0184. The second-order valence-electron chi connectivity index (χ2n) is 6.65. The zero-order valence-electron chi connectivity index (χ0n) is 14.6. The first-order chi connectivity index (χ1) is 12.8. The molecule has 27 heavy (non-hydrogen) atoms. The first-order valence-corrected chi connectivity index (χ1v) is 8.61. The minimum Gasteiger partial charge on any atom is -0.341 e. The van der Waals surface area contributed by atoms with Crippen molar-refractivity contribution in [2.45, 2.75) is 26.1 Å². The van der Waals surface area contributed by atoms with E-state index >= 15 is 0 Å². The molecule has 5 nitrogen and oxygen atoms in total. The Morgan fingerprint density at radius 3 is 2.63 bits per heavy atom. The Morgan fingerprint density at radius 1 is 1.19 bits per heavy atom.